The monoisotopic (exact) mass is 289 g/mol. The smallest absolute Gasteiger partial charge is 0.0351 e. The molecular weight excluding hydrogens is 254 g/mol. The third-order valence-electron chi connectivity index (χ3n) is 4.74. The van der Waals surface area contributed by atoms with Crippen molar-refractivity contribution in [3.63, 3.8) is 0 Å². The fraction of sp³-hybridized carbons (Fsp3) is 0.700. The Hall–Kier alpha value is -0.820. The van der Waals surface area contributed by atoms with Crippen LogP contribution in [0.4, 0.5) is 0 Å². The number of hydrogen-bond acceptors (Lipinski definition) is 1. The Labute approximate surface area is 132 Å². The van der Waals surface area contributed by atoms with Gasteiger partial charge in [-0.1, -0.05) is 73.6 Å². The van der Waals surface area contributed by atoms with Gasteiger partial charge < -0.3 is 5.32 Å². The maximum Gasteiger partial charge on any atom is 0.0351 e. The van der Waals surface area contributed by atoms with Crippen LogP contribution in [0.5, 0.6) is 0 Å². The molecule has 0 saturated carbocycles. The van der Waals surface area contributed by atoms with Crippen molar-refractivity contribution in [1.82, 2.24) is 5.32 Å². The van der Waals surface area contributed by atoms with Gasteiger partial charge in [-0.15, -0.1) is 0 Å². The summed E-state index contributed by atoms with van der Waals surface area (Å²) in [7, 11) is 0. The summed E-state index contributed by atoms with van der Waals surface area (Å²) < 4.78 is 0. The fourth-order valence-electron chi connectivity index (χ4n) is 2.92. The molecule has 1 aromatic carbocycles. The average Bonchev–Trinajstić information content (AvgIpc) is 2.43. The Kier molecular flexibility index (Phi) is 6.93. The van der Waals surface area contributed by atoms with Crippen molar-refractivity contribution in [2.45, 2.75) is 73.3 Å². The maximum atomic E-state index is 3.72. The SMILES string of the molecule is CCNC(c1ccc(C(C)C)cc1C(C)C)C(C)C(C)C. The van der Waals surface area contributed by atoms with Crippen LogP contribution in [-0.2, 0) is 0 Å². The Morgan fingerprint density at radius 3 is 1.90 bits per heavy atom. The molecule has 0 radical (unpaired) electrons. The van der Waals surface area contributed by atoms with E-state index in [9.17, 15) is 0 Å². The first-order valence-corrected chi connectivity index (χ1v) is 8.66. The second-order valence-electron chi connectivity index (χ2n) is 7.34. The molecule has 1 rings (SSSR count). The Morgan fingerprint density at radius 2 is 1.48 bits per heavy atom. The van der Waals surface area contributed by atoms with Crippen molar-refractivity contribution >= 4 is 0 Å². The lowest BCUT2D eigenvalue weighted by Gasteiger charge is -2.31. The van der Waals surface area contributed by atoms with Crippen molar-refractivity contribution in [3.8, 4) is 0 Å². The molecule has 1 N–H and O–H groups in total. The summed E-state index contributed by atoms with van der Waals surface area (Å²) >= 11 is 0. The predicted octanol–water partition coefficient (Wildman–Crippen LogP) is 5.88. The van der Waals surface area contributed by atoms with Gasteiger partial charge in [-0.2, -0.15) is 0 Å². The quantitative estimate of drug-likeness (QED) is 0.661. The fourth-order valence-corrected chi connectivity index (χ4v) is 2.92. The number of benzene rings is 1. The van der Waals surface area contributed by atoms with Crippen LogP contribution in [-0.4, -0.2) is 6.54 Å². The predicted molar refractivity (Wildman–Crippen MR) is 95.0 cm³/mol. The molecule has 0 saturated heterocycles. The molecule has 0 aliphatic heterocycles. The van der Waals surface area contributed by atoms with Gasteiger partial charge in [0.15, 0.2) is 0 Å². The second-order valence-corrected chi connectivity index (χ2v) is 7.34. The molecule has 120 valence electrons. The van der Waals surface area contributed by atoms with Crippen LogP contribution in [0.1, 0.15) is 90.0 Å². The van der Waals surface area contributed by atoms with Gasteiger partial charge in [0.2, 0.25) is 0 Å². The second kappa shape index (κ2) is 7.98. The van der Waals surface area contributed by atoms with Crippen LogP contribution in [0.15, 0.2) is 18.2 Å². The van der Waals surface area contributed by atoms with E-state index in [4.69, 9.17) is 0 Å². The van der Waals surface area contributed by atoms with Gasteiger partial charge in [0, 0.05) is 6.04 Å². The highest BCUT2D eigenvalue weighted by molar-refractivity contribution is 5.38. The minimum atomic E-state index is 0.452. The van der Waals surface area contributed by atoms with E-state index >= 15 is 0 Å². The van der Waals surface area contributed by atoms with Gasteiger partial charge in [-0.25, -0.2) is 0 Å². The molecule has 0 heterocycles. The number of nitrogens with one attached hydrogen (secondary N) is 1. The van der Waals surface area contributed by atoms with E-state index < -0.39 is 0 Å². The zero-order valence-electron chi connectivity index (χ0n) is 15.3. The molecule has 1 aromatic rings. The number of rotatable bonds is 7. The van der Waals surface area contributed by atoms with Gasteiger partial charge >= 0.3 is 0 Å². The van der Waals surface area contributed by atoms with Gasteiger partial charge in [-0.3, -0.25) is 0 Å². The highest BCUT2D eigenvalue weighted by Gasteiger charge is 2.24. The normalized spacial score (nSPS) is 15.0. The van der Waals surface area contributed by atoms with Crippen molar-refractivity contribution in [2.24, 2.45) is 11.8 Å². The summed E-state index contributed by atoms with van der Waals surface area (Å²) in [6, 6.07) is 7.58. The summed E-state index contributed by atoms with van der Waals surface area (Å²) in [6.45, 7) is 19.4. The zero-order valence-corrected chi connectivity index (χ0v) is 15.3. The summed E-state index contributed by atoms with van der Waals surface area (Å²) in [4.78, 5) is 0. The first kappa shape index (κ1) is 18.2. The summed E-state index contributed by atoms with van der Waals surface area (Å²) in [5.74, 6) is 2.47. The molecule has 0 amide bonds. The van der Waals surface area contributed by atoms with Crippen LogP contribution in [0.25, 0.3) is 0 Å². The van der Waals surface area contributed by atoms with Crippen LogP contribution in [0, 0.1) is 11.8 Å². The van der Waals surface area contributed by atoms with E-state index in [2.05, 4.69) is 78.9 Å². The third-order valence-corrected chi connectivity index (χ3v) is 4.74. The Morgan fingerprint density at radius 1 is 0.857 bits per heavy atom. The lowest BCUT2D eigenvalue weighted by Crippen LogP contribution is -2.30. The highest BCUT2D eigenvalue weighted by Crippen LogP contribution is 2.34. The van der Waals surface area contributed by atoms with E-state index in [0.29, 0.717) is 29.7 Å². The van der Waals surface area contributed by atoms with Gasteiger partial charge in [0.05, 0.1) is 0 Å². The topological polar surface area (TPSA) is 12.0 Å². The van der Waals surface area contributed by atoms with E-state index in [-0.39, 0.29) is 0 Å². The van der Waals surface area contributed by atoms with Crippen molar-refractivity contribution in [3.05, 3.63) is 34.9 Å². The molecule has 0 aromatic heterocycles. The van der Waals surface area contributed by atoms with Gasteiger partial charge in [0.1, 0.15) is 0 Å². The largest absolute Gasteiger partial charge is 0.310 e. The molecule has 1 heteroatoms. The van der Waals surface area contributed by atoms with E-state index in [0.717, 1.165) is 6.54 Å². The zero-order chi connectivity index (χ0) is 16.2. The van der Waals surface area contributed by atoms with Gasteiger partial charge in [-0.05, 0) is 46.9 Å². The summed E-state index contributed by atoms with van der Waals surface area (Å²) in [5.41, 5.74) is 4.46. The first-order chi connectivity index (χ1) is 9.79. The Balaban J connectivity index is 3.29. The summed E-state index contributed by atoms with van der Waals surface area (Å²) in [5, 5.41) is 3.72. The Bertz CT molecular complexity index is 431. The molecule has 0 bridgehead atoms. The lowest BCUT2D eigenvalue weighted by molar-refractivity contribution is 0.305. The minimum Gasteiger partial charge on any atom is -0.310 e. The molecule has 2 atom stereocenters. The van der Waals surface area contributed by atoms with Crippen LogP contribution in [0.3, 0.4) is 0 Å². The lowest BCUT2D eigenvalue weighted by atomic mass is 9.81. The molecule has 0 spiro atoms. The molecule has 21 heavy (non-hydrogen) atoms. The highest BCUT2D eigenvalue weighted by atomic mass is 14.9. The van der Waals surface area contributed by atoms with Crippen LogP contribution in [0.2, 0.25) is 0 Å². The van der Waals surface area contributed by atoms with E-state index in [1.807, 2.05) is 0 Å². The minimum absolute atomic E-state index is 0.452. The van der Waals surface area contributed by atoms with Crippen molar-refractivity contribution in [1.29, 1.82) is 0 Å². The van der Waals surface area contributed by atoms with E-state index in [1.54, 1.807) is 0 Å². The van der Waals surface area contributed by atoms with E-state index in [1.165, 1.54) is 16.7 Å². The van der Waals surface area contributed by atoms with Crippen molar-refractivity contribution < 1.29 is 0 Å². The maximum absolute atomic E-state index is 3.72. The molecule has 0 aliphatic carbocycles. The molecular formula is C20H35N. The average molecular weight is 290 g/mol. The third kappa shape index (κ3) is 4.57. The van der Waals surface area contributed by atoms with Crippen LogP contribution >= 0.6 is 0 Å². The summed E-state index contributed by atoms with van der Waals surface area (Å²) in [6.07, 6.45) is 0. The molecule has 2 unspecified atom stereocenters. The molecule has 0 aliphatic rings. The molecule has 1 nitrogen and oxygen atoms in total. The molecule has 0 fully saturated rings. The van der Waals surface area contributed by atoms with Crippen molar-refractivity contribution in [2.75, 3.05) is 6.54 Å². The van der Waals surface area contributed by atoms with Gasteiger partial charge in [0.25, 0.3) is 0 Å². The standard InChI is InChI=1S/C20H35N/c1-9-21-20(16(8)13(2)3)18-11-10-17(14(4)5)12-19(18)15(6)7/h10-16,20-21H,9H2,1-8H3. The first-order valence-electron chi connectivity index (χ1n) is 8.66. The number of hydrogen-bond donors (Lipinski definition) is 1. The van der Waals surface area contributed by atoms with Crippen LogP contribution < -0.4 is 5.32 Å².